The van der Waals surface area contributed by atoms with Crippen molar-refractivity contribution in [2.75, 3.05) is 14.2 Å². The van der Waals surface area contributed by atoms with Crippen molar-refractivity contribution in [3.8, 4) is 5.88 Å². The second-order valence-corrected chi connectivity index (χ2v) is 4.82. The third kappa shape index (κ3) is 3.54. The highest BCUT2D eigenvalue weighted by Crippen LogP contribution is 2.23. The molecule has 0 aliphatic heterocycles. The Morgan fingerprint density at radius 3 is 2.50 bits per heavy atom. The maximum absolute atomic E-state index is 5.28. The SMILES string of the molecule is CNC(CCc1ccc(C)cc1)c1nccnc1OC. The minimum atomic E-state index is 0.139. The number of aryl methyl sites for hydroxylation is 2. The molecular weight excluding hydrogens is 250 g/mol. The maximum Gasteiger partial charge on any atom is 0.236 e. The molecule has 2 aromatic rings. The molecule has 0 aliphatic carbocycles. The zero-order valence-corrected chi connectivity index (χ0v) is 12.3. The van der Waals surface area contributed by atoms with Gasteiger partial charge in [0.1, 0.15) is 5.69 Å². The predicted molar refractivity (Wildman–Crippen MR) is 79.9 cm³/mol. The quantitative estimate of drug-likeness (QED) is 0.877. The van der Waals surface area contributed by atoms with E-state index in [4.69, 9.17) is 4.74 Å². The average Bonchev–Trinajstić information content (AvgIpc) is 2.50. The van der Waals surface area contributed by atoms with Crippen LogP contribution in [-0.4, -0.2) is 24.1 Å². The Morgan fingerprint density at radius 2 is 1.85 bits per heavy atom. The summed E-state index contributed by atoms with van der Waals surface area (Å²) in [6, 6.07) is 8.78. The van der Waals surface area contributed by atoms with Crippen LogP contribution in [0, 0.1) is 6.92 Å². The van der Waals surface area contributed by atoms with Gasteiger partial charge in [0.2, 0.25) is 5.88 Å². The summed E-state index contributed by atoms with van der Waals surface area (Å²) >= 11 is 0. The van der Waals surface area contributed by atoms with Gasteiger partial charge in [-0.1, -0.05) is 29.8 Å². The molecule has 0 bridgehead atoms. The van der Waals surface area contributed by atoms with Gasteiger partial charge in [-0.05, 0) is 32.4 Å². The van der Waals surface area contributed by atoms with Gasteiger partial charge in [-0.15, -0.1) is 0 Å². The van der Waals surface area contributed by atoms with E-state index in [1.807, 2.05) is 7.05 Å². The van der Waals surface area contributed by atoms with E-state index in [0.717, 1.165) is 18.5 Å². The number of methoxy groups -OCH3 is 1. The first-order valence-corrected chi connectivity index (χ1v) is 6.82. The highest BCUT2D eigenvalue weighted by atomic mass is 16.5. The summed E-state index contributed by atoms with van der Waals surface area (Å²) in [4.78, 5) is 8.60. The van der Waals surface area contributed by atoms with Crippen LogP contribution >= 0.6 is 0 Å². The van der Waals surface area contributed by atoms with Crippen molar-refractivity contribution in [3.05, 3.63) is 53.5 Å². The van der Waals surface area contributed by atoms with E-state index in [0.29, 0.717) is 5.88 Å². The number of nitrogens with zero attached hydrogens (tertiary/aromatic N) is 2. The summed E-state index contributed by atoms with van der Waals surface area (Å²) in [5.41, 5.74) is 3.48. The molecule has 0 radical (unpaired) electrons. The molecule has 1 N–H and O–H groups in total. The number of benzene rings is 1. The Hall–Kier alpha value is -1.94. The molecule has 1 unspecified atom stereocenters. The number of hydrogen-bond donors (Lipinski definition) is 1. The lowest BCUT2D eigenvalue weighted by atomic mass is 10.0. The van der Waals surface area contributed by atoms with Crippen LogP contribution in [-0.2, 0) is 6.42 Å². The zero-order chi connectivity index (χ0) is 14.4. The number of ether oxygens (including phenoxy) is 1. The molecule has 1 heterocycles. The maximum atomic E-state index is 5.28. The molecule has 0 aliphatic rings. The lowest BCUT2D eigenvalue weighted by molar-refractivity contribution is 0.377. The Morgan fingerprint density at radius 1 is 1.15 bits per heavy atom. The van der Waals surface area contributed by atoms with Crippen LogP contribution in [0.2, 0.25) is 0 Å². The van der Waals surface area contributed by atoms with E-state index in [9.17, 15) is 0 Å². The Balaban J connectivity index is 2.07. The molecular formula is C16H21N3O. The van der Waals surface area contributed by atoms with Crippen LogP contribution in [0.3, 0.4) is 0 Å². The van der Waals surface area contributed by atoms with Crippen LogP contribution in [0.4, 0.5) is 0 Å². The average molecular weight is 271 g/mol. The summed E-state index contributed by atoms with van der Waals surface area (Å²) in [7, 11) is 3.56. The van der Waals surface area contributed by atoms with Gasteiger partial charge in [-0.2, -0.15) is 0 Å². The first-order chi connectivity index (χ1) is 9.74. The van der Waals surface area contributed by atoms with E-state index in [1.165, 1.54) is 11.1 Å². The molecule has 4 heteroatoms. The fraction of sp³-hybridized carbons (Fsp3) is 0.375. The standard InChI is InChI=1S/C16H21N3O/c1-12-4-6-13(7-5-12)8-9-14(17-2)15-16(20-3)19-11-10-18-15/h4-7,10-11,14,17H,8-9H2,1-3H3. The van der Waals surface area contributed by atoms with Crippen molar-refractivity contribution in [3.63, 3.8) is 0 Å². The number of aromatic nitrogens is 2. The van der Waals surface area contributed by atoms with Gasteiger partial charge in [0.05, 0.1) is 13.2 Å². The van der Waals surface area contributed by atoms with Crippen molar-refractivity contribution in [1.29, 1.82) is 0 Å². The van der Waals surface area contributed by atoms with Crippen molar-refractivity contribution < 1.29 is 4.74 Å². The molecule has 0 amide bonds. The summed E-state index contributed by atoms with van der Waals surface area (Å²) < 4.78 is 5.28. The number of hydrogen-bond acceptors (Lipinski definition) is 4. The molecule has 0 saturated carbocycles. The van der Waals surface area contributed by atoms with Crippen LogP contribution in [0.25, 0.3) is 0 Å². The molecule has 1 aromatic heterocycles. The van der Waals surface area contributed by atoms with E-state index in [2.05, 4.69) is 46.5 Å². The first kappa shape index (κ1) is 14.5. The van der Waals surface area contributed by atoms with Crippen LogP contribution in [0.1, 0.15) is 29.3 Å². The molecule has 1 atom stereocenters. The van der Waals surface area contributed by atoms with Gasteiger partial charge < -0.3 is 10.1 Å². The fourth-order valence-electron chi connectivity index (χ4n) is 2.22. The topological polar surface area (TPSA) is 47.0 Å². The summed E-state index contributed by atoms with van der Waals surface area (Å²) in [5, 5.41) is 3.29. The Bertz CT molecular complexity index is 540. The van der Waals surface area contributed by atoms with Gasteiger partial charge in [0.15, 0.2) is 0 Å². The zero-order valence-electron chi connectivity index (χ0n) is 12.3. The Labute approximate surface area is 120 Å². The number of nitrogens with one attached hydrogen (secondary N) is 1. The largest absolute Gasteiger partial charge is 0.480 e. The minimum Gasteiger partial charge on any atom is -0.480 e. The first-order valence-electron chi connectivity index (χ1n) is 6.82. The van der Waals surface area contributed by atoms with Crippen molar-refractivity contribution >= 4 is 0 Å². The van der Waals surface area contributed by atoms with Crippen LogP contribution in [0.15, 0.2) is 36.7 Å². The molecule has 1 aromatic carbocycles. The monoisotopic (exact) mass is 271 g/mol. The van der Waals surface area contributed by atoms with E-state index < -0.39 is 0 Å². The Kier molecular flexibility index (Phi) is 5.07. The van der Waals surface area contributed by atoms with Crippen molar-refractivity contribution in [2.24, 2.45) is 0 Å². The molecule has 2 rings (SSSR count). The van der Waals surface area contributed by atoms with Crippen LogP contribution < -0.4 is 10.1 Å². The van der Waals surface area contributed by atoms with Gasteiger partial charge >= 0.3 is 0 Å². The second kappa shape index (κ2) is 7.01. The molecule has 4 nitrogen and oxygen atoms in total. The number of rotatable bonds is 6. The summed E-state index contributed by atoms with van der Waals surface area (Å²) in [6.45, 7) is 2.10. The van der Waals surface area contributed by atoms with Crippen LogP contribution in [0.5, 0.6) is 5.88 Å². The minimum absolute atomic E-state index is 0.139. The summed E-state index contributed by atoms with van der Waals surface area (Å²) in [5.74, 6) is 0.593. The lowest BCUT2D eigenvalue weighted by Crippen LogP contribution is -2.19. The normalized spacial score (nSPS) is 12.2. The highest BCUT2D eigenvalue weighted by Gasteiger charge is 2.16. The molecule has 20 heavy (non-hydrogen) atoms. The fourth-order valence-corrected chi connectivity index (χ4v) is 2.22. The molecule has 106 valence electrons. The molecule has 0 spiro atoms. The van der Waals surface area contributed by atoms with Gasteiger partial charge in [0.25, 0.3) is 0 Å². The van der Waals surface area contributed by atoms with Gasteiger partial charge in [-0.25, -0.2) is 4.98 Å². The highest BCUT2D eigenvalue weighted by molar-refractivity contribution is 5.24. The van der Waals surface area contributed by atoms with E-state index in [-0.39, 0.29) is 6.04 Å². The third-order valence-electron chi connectivity index (χ3n) is 3.41. The molecule has 0 saturated heterocycles. The van der Waals surface area contributed by atoms with Gasteiger partial charge in [0, 0.05) is 12.4 Å². The van der Waals surface area contributed by atoms with Crippen molar-refractivity contribution in [2.45, 2.75) is 25.8 Å². The van der Waals surface area contributed by atoms with Gasteiger partial charge in [-0.3, -0.25) is 4.98 Å². The smallest absolute Gasteiger partial charge is 0.236 e. The lowest BCUT2D eigenvalue weighted by Gasteiger charge is -2.17. The van der Waals surface area contributed by atoms with E-state index in [1.54, 1.807) is 19.5 Å². The summed E-state index contributed by atoms with van der Waals surface area (Å²) in [6.07, 6.45) is 5.29. The predicted octanol–water partition coefficient (Wildman–Crippen LogP) is 2.69. The second-order valence-electron chi connectivity index (χ2n) is 4.82. The van der Waals surface area contributed by atoms with E-state index >= 15 is 0 Å². The molecule has 0 fully saturated rings. The third-order valence-corrected chi connectivity index (χ3v) is 3.41. The van der Waals surface area contributed by atoms with Crippen molar-refractivity contribution in [1.82, 2.24) is 15.3 Å².